The van der Waals surface area contributed by atoms with Gasteiger partial charge in [0.15, 0.2) is 0 Å². The van der Waals surface area contributed by atoms with E-state index in [0.717, 1.165) is 29.9 Å². The van der Waals surface area contributed by atoms with E-state index >= 15 is 0 Å². The minimum Gasteiger partial charge on any atom is -0.465 e. The molecule has 1 aliphatic rings. The number of hydrogen-bond donors (Lipinski definition) is 2. The summed E-state index contributed by atoms with van der Waals surface area (Å²) in [6, 6.07) is 22.1. The quantitative estimate of drug-likeness (QED) is 0.319. The maximum Gasteiger partial charge on any atom is 0.337 e. The number of hydrogen-bond acceptors (Lipinski definition) is 6. The molecule has 0 saturated carbocycles. The van der Waals surface area contributed by atoms with Gasteiger partial charge in [0.2, 0.25) is 5.91 Å². The van der Waals surface area contributed by atoms with Crippen molar-refractivity contribution in [3.63, 3.8) is 0 Å². The highest BCUT2D eigenvalue weighted by Crippen LogP contribution is 2.38. The molecule has 3 aromatic rings. The highest BCUT2D eigenvalue weighted by Gasteiger charge is 2.29. The van der Waals surface area contributed by atoms with E-state index < -0.39 is 5.97 Å². The van der Waals surface area contributed by atoms with Crippen LogP contribution in [0.5, 0.6) is 0 Å². The molecular formula is C30H32N4O4. The highest BCUT2D eigenvalue weighted by atomic mass is 16.5. The van der Waals surface area contributed by atoms with Gasteiger partial charge in [-0.3, -0.25) is 14.5 Å². The van der Waals surface area contributed by atoms with Gasteiger partial charge in [0.25, 0.3) is 5.91 Å². The van der Waals surface area contributed by atoms with E-state index in [4.69, 9.17) is 4.74 Å². The van der Waals surface area contributed by atoms with Crippen molar-refractivity contribution in [2.75, 3.05) is 49.8 Å². The Morgan fingerprint density at radius 1 is 0.947 bits per heavy atom. The van der Waals surface area contributed by atoms with Crippen molar-refractivity contribution < 1.29 is 19.1 Å². The summed E-state index contributed by atoms with van der Waals surface area (Å²) in [5.74, 6) is -0.729. The maximum atomic E-state index is 13.2. The molecule has 0 spiro atoms. The van der Waals surface area contributed by atoms with Crippen LogP contribution in [0.3, 0.4) is 0 Å². The second-order valence-electron chi connectivity index (χ2n) is 9.18. The first kappa shape index (κ1) is 26.6. The van der Waals surface area contributed by atoms with Gasteiger partial charge in [-0.15, -0.1) is 0 Å². The van der Waals surface area contributed by atoms with Crippen LogP contribution in [0.4, 0.5) is 17.1 Å². The van der Waals surface area contributed by atoms with E-state index in [1.807, 2.05) is 66.5 Å². The molecule has 0 bridgehead atoms. The molecule has 4 rings (SSSR count). The average Bonchev–Trinajstić information content (AvgIpc) is 3.26. The zero-order valence-electron chi connectivity index (χ0n) is 22.1. The van der Waals surface area contributed by atoms with Gasteiger partial charge in [-0.05, 0) is 62.0 Å². The van der Waals surface area contributed by atoms with Gasteiger partial charge in [0.05, 0.1) is 36.2 Å². The molecule has 1 aliphatic heterocycles. The number of carbonyl (C=O) groups excluding carboxylic acids is 3. The summed E-state index contributed by atoms with van der Waals surface area (Å²) in [6.07, 6.45) is 0.988. The summed E-state index contributed by atoms with van der Waals surface area (Å²) < 4.78 is 4.81. The van der Waals surface area contributed by atoms with Crippen molar-refractivity contribution in [2.45, 2.75) is 13.3 Å². The fraction of sp³-hybridized carbons (Fsp3) is 0.233. The molecule has 196 valence electrons. The number of fused-ring (bicyclic) bond motifs is 1. The molecule has 0 unspecified atom stereocenters. The molecule has 1 heterocycles. The Bertz CT molecular complexity index is 1370. The van der Waals surface area contributed by atoms with Crippen LogP contribution in [0.15, 0.2) is 72.8 Å². The molecule has 2 N–H and O–H groups in total. The van der Waals surface area contributed by atoms with Crippen molar-refractivity contribution in [1.82, 2.24) is 4.90 Å². The number of ether oxygens (including phenoxy) is 1. The Kier molecular flexibility index (Phi) is 8.23. The molecule has 0 fully saturated rings. The summed E-state index contributed by atoms with van der Waals surface area (Å²) in [5.41, 5.74) is 5.06. The van der Waals surface area contributed by atoms with Gasteiger partial charge in [-0.1, -0.05) is 43.3 Å². The van der Waals surface area contributed by atoms with E-state index in [9.17, 15) is 14.4 Å². The third-order valence-corrected chi connectivity index (χ3v) is 6.41. The zero-order valence-corrected chi connectivity index (χ0v) is 22.1. The van der Waals surface area contributed by atoms with Gasteiger partial charge in [0, 0.05) is 24.0 Å². The topological polar surface area (TPSA) is 91.0 Å². The third kappa shape index (κ3) is 5.76. The first-order valence-corrected chi connectivity index (χ1v) is 12.5. The minimum absolute atomic E-state index is 0.0132. The predicted octanol–water partition coefficient (Wildman–Crippen LogP) is 4.71. The summed E-state index contributed by atoms with van der Waals surface area (Å²) in [4.78, 5) is 41.5. The van der Waals surface area contributed by atoms with E-state index in [1.165, 1.54) is 7.11 Å². The maximum absolute atomic E-state index is 13.2. The molecule has 0 aliphatic carbocycles. The number of carbonyl (C=O) groups is 3. The first-order chi connectivity index (χ1) is 18.3. The van der Waals surface area contributed by atoms with Crippen molar-refractivity contribution in [3.8, 4) is 0 Å². The fourth-order valence-electron chi connectivity index (χ4n) is 4.40. The lowest BCUT2D eigenvalue weighted by molar-refractivity contribution is -0.119. The minimum atomic E-state index is -0.471. The number of methoxy groups -OCH3 is 1. The van der Waals surface area contributed by atoms with Gasteiger partial charge in [0.1, 0.15) is 0 Å². The van der Waals surface area contributed by atoms with Crippen LogP contribution in [0.25, 0.3) is 11.3 Å². The van der Waals surface area contributed by atoms with Gasteiger partial charge < -0.3 is 20.3 Å². The average molecular weight is 513 g/mol. The summed E-state index contributed by atoms with van der Waals surface area (Å²) in [5, 5.41) is 6.29. The number of amides is 2. The van der Waals surface area contributed by atoms with Crippen LogP contribution in [0.2, 0.25) is 0 Å². The van der Waals surface area contributed by atoms with Crippen LogP contribution >= 0.6 is 0 Å². The molecule has 2 amide bonds. The Morgan fingerprint density at radius 3 is 2.32 bits per heavy atom. The second-order valence-corrected chi connectivity index (χ2v) is 9.18. The summed E-state index contributed by atoms with van der Waals surface area (Å²) in [6.45, 7) is 3.30. The number of nitrogens with one attached hydrogen (secondary N) is 2. The molecule has 8 heteroatoms. The van der Waals surface area contributed by atoms with Crippen molar-refractivity contribution in [1.29, 1.82) is 0 Å². The highest BCUT2D eigenvalue weighted by molar-refractivity contribution is 6.37. The third-order valence-electron chi connectivity index (χ3n) is 6.41. The molecule has 0 radical (unpaired) electrons. The van der Waals surface area contributed by atoms with E-state index in [-0.39, 0.29) is 11.8 Å². The monoisotopic (exact) mass is 512 g/mol. The van der Waals surface area contributed by atoms with Crippen LogP contribution < -0.4 is 15.5 Å². The number of esters is 1. The van der Waals surface area contributed by atoms with Crippen molar-refractivity contribution in [3.05, 3.63) is 89.5 Å². The SMILES string of the molecule is CCCN(C)CC(=O)N(C)c1ccc(NC(=C2C(=O)Nc3cc(C(=O)OC)ccc32)c2ccccc2)cc1. The molecule has 0 atom stereocenters. The molecule has 3 aromatic carbocycles. The number of benzene rings is 3. The zero-order chi connectivity index (χ0) is 27.2. The molecular weight excluding hydrogens is 480 g/mol. The Labute approximate surface area is 222 Å². The largest absolute Gasteiger partial charge is 0.465 e. The first-order valence-electron chi connectivity index (χ1n) is 12.5. The second kappa shape index (κ2) is 11.7. The smallest absolute Gasteiger partial charge is 0.337 e. The Balaban J connectivity index is 1.65. The van der Waals surface area contributed by atoms with Crippen LogP contribution in [0.1, 0.15) is 34.8 Å². The van der Waals surface area contributed by atoms with E-state index in [2.05, 4.69) is 17.6 Å². The lowest BCUT2D eigenvalue weighted by Crippen LogP contribution is -2.36. The lowest BCUT2D eigenvalue weighted by Gasteiger charge is -2.22. The van der Waals surface area contributed by atoms with Crippen LogP contribution in [0, 0.1) is 0 Å². The summed E-state index contributed by atoms with van der Waals surface area (Å²) >= 11 is 0. The molecule has 0 aromatic heterocycles. The lowest BCUT2D eigenvalue weighted by atomic mass is 9.99. The van der Waals surface area contributed by atoms with Gasteiger partial charge in [-0.2, -0.15) is 0 Å². The Hall–Kier alpha value is -4.43. The van der Waals surface area contributed by atoms with E-state index in [0.29, 0.717) is 34.6 Å². The van der Waals surface area contributed by atoms with Crippen molar-refractivity contribution in [2.24, 2.45) is 0 Å². The number of rotatable bonds is 9. The summed E-state index contributed by atoms with van der Waals surface area (Å²) in [7, 11) is 5.03. The predicted molar refractivity (Wildman–Crippen MR) is 151 cm³/mol. The number of anilines is 3. The van der Waals surface area contributed by atoms with E-state index in [1.54, 1.807) is 30.1 Å². The normalized spacial score (nSPS) is 13.6. The van der Waals surface area contributed by atoms with Gasteiger partial charge >= 0.3 is 5.97 Å². The van der Waals surface area contributed by atoms with Crippen LogP contribution in [-0.2, 0) is 14.3 Å². The fourth-order valence-corrected chi connectivity index (χ4v) is 4.40. The van der Waals surface area contributed by atoms with Crippen LogP contribution in [-0.4, -0.2) is 57.0 Å². The Morgan fingerprint density at radius 2 is 1.66 bits per heavy atom. The number of likely N-dealkylation sites (N-methyl/N-ethyl adjacent to an activating group) is 2. The molecule has 0 saturated heterocycles. The number of nitrogens with zero attached hydrogens (tertiary/aromatic N) is 2. The van der Waals surface area contributed by atoms with Gasteiger partial charge in [-0.25, -0.2) is 4.79 Å². The standard InChI is InChI=1S/C30H32N4O4/c1-5-17-33(2)19-26(35)34(3)23-14-12-22(13-15-23)31-28(20-9-7-6-8-10-20)27-24-16-11-21(30(37)38-4)18-25(24)32-29(27)36/h6-16,18,31H,5,17,19H2,1-4H3,(H,32,36). The molecule has 38 heavy (non-hydrogen) atoms. The molecule has 8 nitrogen and oxygen atoms in total. The van der Waals surface area contributed by atoms with Crippen molar-refractivity contribution >= 4 is 46.1 Å².